The number of hydrogen-bond acceptors (Lipinski definition) is 5. The minimum atomic E-state index is -0.429. The number of carbonyl (C=O) groups is 1. The summed E-state index contributed by atoms with van der Waals surface area (Å²) in [6.07, 6.45) is 1.18. The number of nitrogens with one attached hydrogen (secondary N) is 1. The topological polar surface area (TPSA) is 77.2 Å². The average molecular weight is 369 g/mol. The van der Waals surface area contributed by atoms with Gasteiger partial charge in [0.15, 0.2) is 0 Å². The van der Waals surface area contributed by atoms with E-state index in [-0.39, 0.29) is 23.8 Å². The van der Waals surface area contributed by atoms with E-state index in [9.17, 15) is 9.18 Å². The number of nitrogens with zero attached hydrogens (tertiary/aromatic N) is 2. The van der Waals surface area contributed by atoms with Crippen LogP contribution < -0.4 is 10.1 Å². The summed E-state index contributed by atoms with van der Waals surface area (Å²) >= 11 is 0. The lowest BCUT2D eigenvalue weighted by Crippen LogP contribution is -2.26. The van der Waals surface area contributed by atoms with Crippen molar-refractivity contribution in [1.82, 2.24) is 15.5 Å². The molecule has 0 saturated heterocycles. The van der Waals surface area contributed by atoms with Gasteiger partial charge in [-0.3, -0.25) is 4.79 Å². The van der Waals surface area contributed by atoms with Crippen LogP contribution in [-0.2, 0) is 17.6 Å². The molecule has 27 heavy (non-hydrogen) atoms. The second-order valence-electron chi connectivity index (χ2n) is 5.89. The molecule has 0 aliphatic rings. The molecule has 0 atom stereocenters. The summed E-state index contributed by atoms with van der Waals surface area (Å²) in [6.45, 7) is 0.503. The summed E-state index contributed by atoms with van der Waals surface area (Å²) in [5.41, 5.74) is 1.28. The fraction of sp³-hybridized carbons (Fsp3) is 0.250. The molecule has 3 rings (SSSR count). The maximum Gasteiger partial charge on any atom is 0.250 e. The van der Waals surface area contributed by atoms with Gasteiger partial charge in [-0.1, -0.05) is 30.3 Å². The van der Waals surface area contributed by atoms with Gasteiger partial charge in [0.1, 0.15) is 11.6 Å². The quantitative estimate of drug-likeness (QED) is 0.660. The summed E-state index contributed by atoms with van der Waals surface area (Å²) in [5.74, 6) is 0.670. The lowest BCUT2D eigenvalue weighted by molar-refractivity contribution is -0.121. The Labute approximate surface area is 156 Å². The maximum absolute atomic E-state index is 13.7. The van der Waals surface area contributed by atoms with Crippen LogP contribution in [0, 0.1) is 5.82 Å². The zero-order chi connectivity index (χ0) is 19.1. The lowest BCUT2D eigenvalue weighted by Gasteiger charge is -2.08. The Morgan fingerprint density at radius 2 is 1.89 bits per heavy atom. The van der Waals surface area contributed by atoms with Crippen LogP contribution in [0.25, 0.3) is 11.5 Å². The second-order valence-corrected chi connectivity index (χ2v) is 5.89. The van der Waals surface area contributed by atoms with Crippen molar-refractivity contribution in [2.75, 3.05) is 13.7 Å². The van der Waals surface area contributed by atoms with Crippen LogP contribution in [0.5, 0.6) is 5.75 Å². The summed E-state index contributed by atoms with van der Waals surface area (Å²) in [5, 5.41) is 10.6. The summed E-state index contributed by atoms with van der Waals surface area (Å²) in [7, 11) is 1.62. The van der Waals surface area contributed by atoms with E-state index in [1.54, 1.807) is 25.3 Å². The van der Waals surface area contributed by atoms with Crippen LogP contribution in [0.2, 0.25) is 0 Å². The highest BCUT2D eigenvalue weighted by Crippen LogP contribution is 2.21. The van der Waals surface area contributed by atoms with Crippen molar-refractivity contribution in [3.05, 3.63) is 65.8 Å². The van der Waals surface area contributed by atoms with Crippen molar-refractivity contribution >= 4 is 5.91 Å². The predicted molar refractivity (Wildman–Crippen MR) is 97.7 cm³/mol. The molecule has 1 aromatic heterocycles. The van der Waals surface area contributed by atoms with Crippen LogP contribution in [0.3, 0.4) is 0 Å². The van der Waals surface area contributed by atoms with Gasteiger partial charge >= 0.3 is 0 Å². The van der Waals surface area contributed by atoms with E-state index in [0.29, 0.717) is 25.3 Å². The number of carbonyl (C=O) groups excluding carboxylic acids is 1. The van der Waals surface area contributed by atoms with Crippen LogP contribution in [0.4, 0.5) is 4.39 Å². The molecule has 6 nitrogen and oxygen atoms in total. The predicted octanol–water partition coefficient (Wildman–Crippen LogP) is 3.18. The van der Waals surface area contributed by atoms with Gasteiger partial charge in [0.25, 0.3) is 5.89 Å². The van der Waals surface area contributed by atoms with Crippen LogP contribution >= 0.6 is 0 Å². The Morgan fingerprint density at radius 3 is 2.70 bits per heavy atom. The van der Waals surface area contributed by atoms with E-state index in [1.807, 2.05) is 24.3 Å². The Balaban J connectivity index is 1.46. The average Bonchev–Trinajstić information content (AvgIpc) is 3.16. The van der Waals surface area contributed by atoms with E-state index in [0.717, 1.165) is 11.3 Å². The molecular weight excluding hydrogens is 349 g/mol. The number of benzene rings is 2. The van der Waals surface area contributed by atoms with Gasteiger partial charge in [-0.2, -0.15) is 0 Å². The van der Waals surface area contributed by atoms with Gasteiger partial charge in [0.05, 0.1) is 12.7 Å². The van der Waals surface area contributed by atoms with E-state index in [2.05, 4.69) is 15.5 Å². The Kier molecular flexibility index (Phi) is 6.14. The standard InChI is InChI=1S/C20H20FN3O3/c1-26-17-9-5-2-6-14(17)12-13-22-18(25)10-11-19-23-24-20(27-19)15-7-3-4-8-16(15)21/h2-9H,10-13H2,1H3,(H,22,25). The SMILES string of the molecule is COc1ccccc1CCNC(=O)CCc1nnc(-c2ccccc2F)o1. The molecule has 140 valence electrons. The molecule has 0 saturated carbocycles. The highest BCUT2D eigenvalue weighted by atomic mass is 19.1. The van der Waals surface area contributed by atoms with Crippen molar-refractivity contribution in [3.63, 3.8) is 0 Å². The number of rotatable bonds is 8. The van der Waals surface area contributed by atoms with E-state index in [1.165, 1.54) is 6.07 Å². The highest BCUT2D eigenvalue weighted by Gasteiger charge is 2.13. The molecule has 0 unspecified atom stereocenters. The molecule has 0 bridgehead atoms. The first-order chi connectivity index (χ1) is 13.2. The van der Waals surface area contributed by atoms with Crippen molar-refractivity contribution in [2.24, 2.45) is 0 Å². The van der Waals surface area contributed by atoms with Crippen LogP contribution in [-0.4, -0.2) is 29.8 Å². The van der Waals surface area contributed by atoms with E-state index in [4.69, 9.17) is 9.15 Å². The van der Waals surface area contributed by atoms with Crippen molar-refractivity contribution in [3.8, 4) is 17.2 Å². The van der Waals surface area contributed by atoms with E-state index < -0.39 is 5.82 Å². The molecule has 0 radical (unpaired) electrons. The molecule has 0 spiro atoms. The molecule has 0 fully saturated rings. The Bertz CT molecular complexity index is 911. The van der Waals surface area contributed by atoms with Crippen LogP contribution in [0.15, 0.2) is 52.9 Å². The van der Waals surface area contributed by atoms with Crippen molar-refractivity contribution < 1.29 is 18.3 Å². The van der Waals surface area contributed by atoms with Crippen molar-refractivity contribution in [1.29, 1.82) is 0 Å². The molecule has 2 aromatic carbocycles. The molecule has 0 aliphatic carbocycles. The minimum Gasteiger partial charge on any atom is -0.496 e. The number of aromatic nitrogens is 2. The first-order valence-corrected chi connectivity index (χ1v) is 8.63. The fourth-order valence-electron chi connectivity index (χ4n) is 2.65. The smallest absolute Gasteiger partial charge is 0.250 e. The Morgan fingerprint density at radius 1 is 1.11 bits per heavy atom. The number of hydrogen-bond donors (Lipinski definition) is 1. The molecule has 3 aromatic rings. The Hall–Kier alpha value is -3.22. The highest BCUT2D eigenvalue weighted by molar-refractivity contribution is 5.76. The van der Waals surface area contributed by atoms with Gasteiger partial charge in [-0.05, 0) is 30.2 Å². The monoisotopic (exact) mass is 369 g/mol. The number of amides is 1. The number of ether oxygens (including phenoxy) is 1. The third kappa shape index (κ3) is 4.91. The number of para-hydroxylation sites is 1. The summed E-state index contributed by atoms with van der Waals surface area (Å²) < 4.78 is 24.5. The maximum atomic E-state index is 13.7. The molecule has 0 aliphatic heterocycles. The normalized spacial score (nSPS) is 10.6. The molecule has 1 heterocycles. The van der Waals surface area contributed by atoms with Gasteiger partial charge < -0.3 is 14.5 Å². The van der Waals surface area contributed by atoms with Crippen molar-refractivity contribution in [2.45, 2.75) is 19.3 Å². The largest absolute Gasteiger partial charge is 0.496 e. The van der Waals surface area contributed by atoms with E-state index >= 15 is 0 Å². The van der Waals surface area contributed by atoms with Gasteiger partial charge in [0.2, 0.25) is 11.8 Å². The molecule has 7 heteroatoms. The lowest BCUT2D eigenvalue weighted by atomic mass is 10.1. The molecular formula is C20H20FN3O3. The summed E-state index contributed by atoms with van der Waals surface area (Å²) in [4.78, 5) is 12.0. The zero-order valence-corrected chi connectivity index (χ0v) is 14.9. The first-order valence-electron chi connectivity index (χ1n) is 8.63. The minimum absolute atomic E-state index is 0.111. The zero-order valence-electron chi connectivity index (χ0n) is 14.9. The third-order valence-corrected chi connectivity index (χ3v) is 4.05. The third-order valence-electron chi connectivity index (χ3n) is 4.05. The molecule has 1 amide bonds. The number of aryl methyl sites for hydroxylation is 1. The molecule has 1 N–H and O–H groups in total. The van der Waals surface area contributed by atoms with Crippen LogP contribution in [0.1, 0.15) is 17.9 Å². The number of halogens is 1. The summed E-state index contributed by atoms with van der Waals surface area (Å²) in [6, 6.07) is 13.9. The number of methoxy groups -OCH3 is 1. The van der Waals surface area contributed by atoms with Gasteiger partial charge in [0, 0.05) is 19.4 Å². The fourth-order valence-corrected chi connectivity index (χ4v) is 2.65. The van der Waals surface area contributed by atoms with Gasteiger partial charge in [-0.15, -0.1) is 10.2 Å². The van der Waals surface area contributed by atoms with Gasteiger partial charge in [-0.25, -0.2) is 4.39 Å². The second kappa shape index (κ2) is 8.93. The first kappa shape index (κ1) is 18.6.